The molecule has 0 radical (unpaired) electrons. The Morgan fingerprint density at radius 3 is 2.53 bits per heavy atom. The van der Waals surface area contributed by atoms with E-state index >= 15 is 0 Å². The van der Waals surface area contributed by atoms with Gasteiger partial charge in [0.1, 0.15) is 0 Å². The van der Waals surface area contributed by atoms with Crippen molar-refractivity contribution < 1.29 is 14.5 Å². The molecule has 0 aromatic heterocycles. The first kappa shape index (κ1) is 20.6. The Hall–Kier alpha value is -2.70. The van der Waals surface area contributed by atoms with Crippen molar-refractivity contribution in [2.45, 2.75) is 38.5 Å². The van der Waals surface area contributed by atoms with Crippen LogP contribution in [0.25, 0.3) is 0 Å². The number of nitrogens with zero attached hydrogens (tertiary/aromatic N) is 2. The largest absolute Gasteiger partial charge is 0.294 e. The van der Waals surface area contributed by atoms with Crippen LogP contribution < -0.4 is 4.90 Å². The van der Waals surface area contributed by atoms with Gasteiger partial charge in [0.15, 0.2) is 5.78 Å². The van der Waals surface area contributed by atoms with Gasteiger partial charge in [-0.2, -0.15) is 0 Å². The highest BCUT2D eigenvalue weighted by molar-refractivity contribution is 6.42. The Morgan fingerprint density at radius 2 is 1.83 bits per heavy atom. The molecule has 1 aliphatic heterocycles. The minimum absolute atomic E-state index is 0.00657. The third kappa shape index (κ3) is 3.50. The van der Waals surface area contributed by atoms with Crippen molar-refractivity contribution in [3.05, 3.63) is 79.0 Å². The fourth-order valence-electron chi connectivity index (χ4n) is 4.24. The van der Waals surface area contributed by atoms with Gasteiger partial charge in [-0.3, -0.25) is 24.6 Å². The zero-order valence-corrected chi connectivity index (χ0v) is 17.7. The summed E-state index contributed by atoms with van der Waals surface area (Å²) in [7, 11) is 0. The molecule has 4 rings (SSSR count). The summed E-state index contributed by atoms with van der Waals surface area (Å²) in [6.45, 7) is 1.79. The van der Waals surface area contributed by atoms with Gasteiger partial charge in [-0.05, 0) is 43.0 Å². The number of nitro groups is 1. The number of aryl methyl sites for hydroxylation is 1. The number of nitro benzene ring substituents is 1. The third-order valence-electron chi connectivity index (χ3n) is 5.67. The van der Waals surface area contributed by atoms with E-state index in [9.17, 15) is 19.7 Å². The molecular formula is C22H18Cl2N2O4. The summed E-state index contributed by atoms with van der Waals surface area (Å²) in [6, 6.07) is 9.57. The molecule has 154 valence electrons. The molecule has 2 aromatic rings. The van der Waals surface area contributed by atoms with Crippen molar-refractivity contribution in [3.8, 4) is 0 Å². The van der Waals surface area contributed by atoms with Crippen LogP contribution in [-0.2, 0) is 9.59 Å². The molecule has 2 aliphatic rings. The normalized spacial score (nSPS) is 19.2. The van der Waals surface area contributed by atoms with Gasteiger partial charge in [0.2, 0.25) is 5.91 Å². The van der Waals surface area contributed by atoms with E-state index in [4.69, 9.17) is 23.2 Å². The van der Waals surface area contributed by atoms with Crippen LogP contribution in [0.15, 0.2) is 47.7 Å². The summed E-state index contributed by atoms with van der Waals surface area (Å²) < 4.78 is 0. The van der Waals surface area contributed by atoms with Gasteiger partial charge in [-0.15, -0.1) is 0 Å². The van der Waals surface area contributed by atoms with Crippen LogP contribution in [-0.4, -0.2) is 16.6 Å². The van der Waals surface area contributed by atoms with Crippen LogP contribution in [0.1, 0.15) is 42.7 Å². The molecule has 0 saturated carbocycles. The Bertz CT molecular complexity index is 1130. The van der Waals surface area contributed by atoms with Crippen molar-refractivity contribution in [1.29, 1.82) is 0 Å². The maximum atomic E-state index is 13.3. The van der Waals surface area contributed by atoms with Gasteiger partial charge in [0, 0.05) is 42.2 Å². The number of anilines is 1. The molecule has 8 heteroatoms. The quantitative estimate of drug-likeness (QED) is 0.446. The Labute approximate surface area is 183 Å². The molecule has 0 fully saturated rings. The average Bonchev–Trinajstić information content (AvgIpc) is 2.70. The number of carbonyl (C=O) groups excluding carboxylic acids is 2. The number of Topliss-reactive ketones (excluding diaryl/α,β-unsaturated/α-hetero) is 1. The van der Waals surface area contributed by atoms with Gasteiger partial charge in [-0.25, -0.2) is 0 Å². The molecule has 0 N–H and O–H groups in total. The predicted octanol–water partition coefficient (Wildman–Crippen LogP) is 5.74. The summed E-state index contributed by atoms with van der Waals surface area (Å²) in [5.74, 6) is -0.624. The van der Waals surface area contributed by atoms with E-state index in [1.54, 1.807) is 31.2 Å². The topological polar surface area (TPSA) is 80.5 Å². The SMILES string of the molecule is Cc1ccc([N+](=O)[O-])cc1N1C(=O)CC(c2ccc(Cl)c(Cl)c2)C2=C1CCCC2=O. The first-order valence-electron chi connectivity index (χ1n) is 9.57. The van der Waals surface area contributed by atoms with E-state index < -0.39 is 10.8 Å². The first-order chi connectivity index (χ1) is 14.3. The molecule has 1 heterocycles. The van der Waals surface area contributed by atoms with E-state index in [1.807, 2.05) is 0 Å². The van der Waals surface area contributed by atoms with Crippen molar-refractivity contribution in [3.63, 3.8) is 0 Å². The zero-order chi connectivity index (χ0) is 21.6. The van der Waals surface area contributed by atoms with E-state index in [0.717, 1.165) is 11.1 Å². The molecule has 6 nitrogen and oxygen atoms in total. The Balaban J connectivity index is 1.89. The summed E-state index contributed by atoms with van der Waals surface area (Å²) in [5, 5.41) is 12.0. The number of rotatable bonds is 3. The minimum Gasteiger partial charge on any atom is -0.294 e. The number of hydrogen-bond acceptors (Lipinski definition) is 4. The molecule has 0 bridgehead atoms. The molecule has 1 aliphatic carbocycles. The highest BCUT2D eigenvalue weighted by atomic mass is 35.5. The smallest absolute Gasteiger partial charge is 0.271 e. The number of allylic oxidation sites excluding steroid dienone is 2. The number of carbonyl (C=O) groups is 2. The maximum absolute atomic E-state index is 13.3. The van der Waals surface area contributed by atoms with Crippen LogP contribution in [0.2, 0.25) is 10.0 Å². The number of halogens is 2. The molecule has 1 atom stereocenters. The van der Waals surface area contributed by atoms with Crippen molar-refractivity contribution in [1.82, 2.24) is 0 Å². The summed E-state index contributed by atoms with van der Waals surface area (Å²) >= 11 is 12.2. The van der Waals surface area contributed by atoms with Crippen LogP contribution in [0.5, 0.6) is 0 Å². The average molecular weight is 445 g/mol. The van der Waals surface area contributed by atoms with Gasteiger partial charge in [0.25, 0.3) is 5.69 Å². The lowest BCUT2D eigenvalue weighted by molar-refractivity contribution is -0.384. The fraction of sp³-hybridized carbons (Fsp3) is 0.273. The Morgan fingerprint density at radius 1 is 1.07 bits per heavy atom. The molecule has 1 unspecified atom stereocenters. The monoisotopic (exact) mass is 444 g/mol. The van der Waals surface area contributed by atoms with Gasteiger partial charge >= 0.3 is 0 Å². The lowest BCUT2D eigenvalue weighted by atomic mass is 9.77. The number of benzene rings is 2. The fourth-order valence-corrected chi connectivity index (χ4v) is 4.55. The lowest BCUT2D eigenvalue weighted by Crippen LogP contribution is -2.40. The second kappa shape index (κ2) is 7.85. The highest BCUT2D eigenvalue weighted by Gasteiger charge is 2.40. The molecule has 2 aromatic carbocycles. The van der Waals surface area contributed by atoms with Crippen LogP contribution in [0.4, 0.5) is 11.4 Å². The first-order valence-corrected chi connectivity index (χ1v) is 10.3. The molecule has 30 heavy (non-hydrogen) atoms. The molecule has 0 spiro atoms. The van der Waals surface area contributed by atoms with Crippen LogP contribution in [0, 0.1) is 17.0 Å². The molecule has 0 saturated heterocycles. The lowest BCUT2D eigenvalue weighted by Gasteiger charge is -2.38. The second-order valence-corrected chi connectivity index (χ2v) is 8.34. The summed E-state index contributed by atoms with van der Waals surface area (Å²) in [4.78, 5) is 38.5. The van der Waals surface area contributed by atoms with Gasteiger partial charge in [-0.1, -0.05) is 35.3 Å². The summed E-state index contributed by atoms with van der Waals surface area (Å²) in [5.41, 5.74) is 3.05. The number of amides is 1. The van der Waals surface area contributed by atoms with E-state index in [-0.39, 0.29) is 23.8 Å². The minimum atomic E-state index is -0.489. The molecule has 1 amide bonds. The van der Waals surface area contributed by atoms with Crippen molar-refractivity contribution >= 4 is 46.3 Å². The second-order valence-electron chi connectivity index (χ2n) is 7.52. The van der Waals surface area contributed by atoms with Crippen LogP contribution >= 0.6 is 23.2 Å². The summed E-state index contributed by atoms with van der Waals surface area (Å²) in [6.07, 6.45) is 1.66. The molecular weight excluding hydrogens is 427 g/mol. The number of non-ortho nitro benzene ring substituents is 1. The zero-order valence-electron chi connectivity index (χ0n) is 16.2. The van der Waals surface area contributed by atoms with E-state index in [1.165, 1.54) is 17.0 Å². The third-order valence-corrected chi connectivity index (χ3v) is 6.40. The van der Waals surface area contributed by atoms with E-state index in [2.05, 4.69) is 0 Å². The number of hydrogen-bond donors (Lipinski definition) is 0. The van der Waals surface area contributed by atoms with Gasteiger partial charge < -0.3 is 0 Å². The highest BCUT2D eigenvalue weighted by Crippen LogP contribution is 2.45. The van der Waals surface area contributed by atoms with Crippen molar-refractivity contribution in [2.75, 3.05) is 4.90 Å². The number of ketones is 1. The maximum Gasteiger partial charge on any atom is 0.271 e. The van der Waals surface area contributed by atoms with Gasteiger partial charge in [0.05, 0.1) is 20.7 Å². The predicted molar refractivity (Wildman–Crippen MR) is 115 cm³/mol. The standard InChI is InChI=1S/C22H18Cl2N2O4/c1-12-5-7-14(26(29)30)10-19(12)25-18-3-2-4-20(27)22(18)15(11-21(25)28)13-6-8-16(23)17(24)9-13/h5-10,15H,2-4,11H2,1H3. The van der Waals surface area contributed by atoms with Crippen LogP contribution in [0.3, 0.4) is 0 Å². The Kier molecular flexibility index (Phi) is 5.38. The van der Waals surface area contributed by atoms with Crippen molar-refractivity contribution in [2.24, 2.45) is 0 Å². The van der Waals surface area contributed by atoms with E-state index in [0.29, 0.717) is 46.3 Å².